The quantitative estimate of drug-likeness (QED) is 0.841. The van der Waals surface area contributed by atoms with E-state index < -0.39 is 0 Å². The molecule has 0 spiro atoms. The van der Waals surface area contributed by atoms with Crippen molar-refractivity contribution in [2.75, 3.05) is 13.1 Å². The molecule has 0 aromatic heterocycles. The number of ketones is 1. The highest BCUT2D eigenvalue weighted by Crippen LogP contribution is 2.31. The highest BCUT2D eigenvalue weighted by Gasteiger charge is 2.40. The summed E-state index contributed by atoms with van der Waals surface area (Å²) in [4.78, 5) is 14.6. The summed E-state index contributed by atoms with van der Waals surface area (Å²) in [6.45, 7) is 2.25. The molecule has 0 radical (unpaired) electrons. The molecular formula is C16H20ClNO. The summed E-state index contributed by atoms with van der Waals surface area (Å²) in [5, 5.41) is 0.787. The Balaban J connectivity index is 1.52. The van der Waals surface area contributed by atoms with Crippen LogP contribution >= 0.6 is 11.6 Å². The van der Waals surface area contributed by atoms with Crippen molar-refractivity contribution in [1.29, 1.82) is 0 Å². The van der Waals surface area contributed by atoms with E-state index in [4.69, 9.17) is 11.6 Å². The Bertz CT molecular complexity index is 448. The molecule has 0 N–H and O–H groups in total. The molecule has 3 saturated heterocycles. The van der Waals surface area contributed by atoms with Crippen LogP contribution in [0.3, 0.4) is 0 Å². The van der Waals surface area contributed by atoms with Gasteiger partial charge in [0.15, 0.2) is 5.78 Å². The van der Waals surface area contributed by atoms with Gasteiger partial charge in [-0.3, -0.25) is 9.69 Å². The zero-order chi connectivity index (χ0) is 13.2. The fourth-order valence-electron chi connectivity index (χ4n) is 3.42. The monoisotopic (exact) mass is 277 g/mol. The van der Waals surface area contributed by atoms with Gasteiger partial charge in [-0.1, -0.05) is 23.7 Å². The van der Waals surface area contributed by atoms with Gasteiger partial charge < -0.3 is 0 Å². The van der Waals surface area contributed by atoms with Crippen LogP contribution in [0.25, 0.3) is 0 Å². The fourth-order valence-corrected chi connectivity index (χ4v) is 3.55. The van der Waals surface area contributed by atoms with Gasteiger partial charge in [-0.25, -0.2) is 0 Å². The number of fused-ring (bicyclic) bond motifs is 3. The van der Waals surface area contributed by atoms with E-state index in [0.717, 1.165) is 50.2 Å². The van der Waals surface area contributed by atoms with Crippen LogP contribution < -0.4 is 0 Å². The SMILES string of the molecule is O=C1C2CCN(CC2)[C@@H]1CCCc1ccc(Cl)cc1. The van der Waals surface area contributed by atoms with Crippen LogP contribution in [0.5, 0.6) is 0 Å². The standard InChI is InChI=1S/C16H20ClNO/c17-14-6-4-12(5-7-14)2-1-3-15-16(19)13-8-10-18(15)11-9-13/h4-7,13,15H,1-3,8-11H2/t15-/m1/s1. The minimum Gasteiger partial charge on any atom is -0.298 e. The average Bonchev–Trinajstić information content (AvgIpc) is 2.45. The van der Waals surface area contributed by atoms with Crippen LogP contribution in [0.2, 0.25) is 5.02 Å². The predicted octanol–water partition coefficient (Wildman–Crippen LogP) is 3.33. The summed E-state index contributed by atoms with van der Waals surface area (Å²) in [5.41, 5.74) is 1.31. The molecule has 1 aromatic rings. The lowest BCUT2D eigenvalue weighted by molar-refractivity contribution is -0.137. The van der Waals surface area contributed by atoms with Gasteiger partial charge in [0.05, 0.1) is 6.04 Å². The molecule has 19 heavy (non-hydrogen) atoms. The van der Waals surface area contributed by atoms with Crippen molar-refractivity contribution in [2.45, 2.75) is 38.1 Å². The molecule has 0 saturated carbocycles. The highest BCUT2D eigenvalue weighted by atomic mass is 35.5. The van der Waals surface area contributed by atoms with E-state index >= 15 is 0 Å². The Morgan fingerprint density at radius 2 is 1.84 bits per heavy atom. The van der Waals surface area contributed by atoms with Gasteiger partial charge in [0.25, 0.3) is 0 Å². The Kier molecular flexibility index (Phi) is 3.90. The maximum absolute atomic E-state index is 12.2. The topological polar surface area (TPSA) is 20.3 Å². The van der Waals surface area contributed by atoms with E-state index in [1.807, 2.05) is 12.1 Å². The fraction of sp³-hybridized carbons (Fsp3) is 0.562. The molecule has 2 bridgehead atoms. The molecule has 0 aliphatic carbocycles. The maximum atomic E-state index is 12.2. The average molecular weight is 278 g/mol. The summed E-state index contributed by atoms with van der Waals surface area (Å²) in [7, 11) is 0. The predicted molar refractivity (Wildman–Crippen MR) is 77.5 cm³/mol. The number of carbonyl (C=O) groups is 1. The van der Waals surface area contributed by atoms with Crippen LogP contribution in [0.1, 0.15) is 31.2 Å². The third-order valence-electron chi connectivity index (χ3n) is 4.56. The van der Waals surface area contributed by atoms with E-state index in [-0.39, 0.29) is 6.04 Å². The van der Waals surface area contributed by atoms with Gasteiger partial charge in [-0.05, 0) is 62.9 Å². The van der Waals surface area contributed by atoms with E-state index in [1.165, 1.54) is 5.56 Å². The number of nitrogens with zero attached hydrogens (tertiary/aromatic N) is 1. The zero-order valence-corrected chi connectivity index (χ0v) is 11.9. The van der Waals surface area contributed by atoms with Gasteiger partial charge >= 0.3 is 0 Å². The number of rotatable bonds is 4. The lowest BCUT2D eigenvalue weighted by Gasteiger charge is -2.44. The molecule has 2 nitrogen and oxygen atoms in total. The van der Waals surface area contributed by atoms with Crippen LogP contribution in [0.15, 0.2) is 24.3 Å². The molecule has 3 aliphatic heterocycles. The van der Waals surface area contributed by atoms with E-state index in [0.29, 0.717) is 11.7 Å². The summed E-state index contributed by atoms with van der Waals surface area (Å²) >= 11 is 5.88. The molecule has 3 heteroatoms. The molecule has 3 aliphatic rings. The lowest BCUT2D eigenvalue weighted by Crippen LogP contribution is -2.55. The molecule has 102 valence electrons. The second-order valence-electron chi connectivity index (χ2n) is 5.75. The first-order chi connectivity index (χ1) is 9.24. The van der Waals surface area contributed by atoms with Crippen molar-refractivity contribution in [1.82, 2.24) is 4.90 Å². The van der Waals surface area contributed by atoms with Crippen molar-refractivity contribution in [2.24, 2.45) is 5.92 Å². The Morgan fingerprint density at radius 3 is 2.47 bits per heavy atom. The van der Waals surface area contributed by atoms with Crippen molar-refractivity contribution in [3.8, 4) is 0 Å². The van der Waals surface area contributed by atoms with Gasteiger partial charge in [0.2, 0.25) is 0 Å². The van der Waals surface area contributed by atoms with Crippen LogP contribution in [-0.4, -0.2) is 29.8 Å². The number of hydrogen-bond donors (Lipinski definition) is 0. The summed E-state index contributed by atoms with van der Waals surface area (Å²) in [5.74, 6) is 0.874. The Labute approximate surface area is 119 Å². The number of Topliss-reactive ketones (excluding diaryl/α,β-unsaturated/α-hetero) is 1. The number of piperidine rings is 3. The van der Waals surface area contributed by atoms with Gasteiger partial charge in [-0.2, -0.15) is 0 Å². The Morgan fingerprint density at radius 1 is 1.16 bits per heavy atom. The summed E-state index contributed by atoms with van der Waals surface area (Å²) in [6, 6.07) is 8.25. The third-order valence-corrected chi connectivity index (χ3v) is 4.81. The van der Waals surface area contributed by atoms with E-state index in [2.05, 4.69) is 17.0 Å². The van der Waals surface area contributed by atoms with Crippen LogP contribution in [0, 0.1) is 5.92 Å². The molecule has 0 amide bonds. The van der Waals surface area contributed by atoms with E-state index in [9.17, 15) is 4.79 Å². The Hall–Kier alpha value is -0.860. The highest BCUT2D eigenvalue weighted by molar-refractivity contribution is 6.30. The van der Waals surface area contributed by atoms with Crippen LogP contribution in [0.4, 0.5) is 0 Å². The van der Waals surface area contributed by atoms with Gasteiger partial charge in [0.1, 0.15) is 0 Å². The largest absolute Gasteiger partial charge is 0.298 e. The summed E-state index contributed by atoms with van der Waals surface area (Å²) < 4.78 is 0. The number of benzene rings is 1. The normalized spacial score (nSPS) is 29.7. The first-order valence-corrected chi connectivity index (χ1v) is 7.64. The number of halogens is 1. The molecule has 1 atom stereocenters. The van der Waals surface area contributed by atoms with Crippen molar-refractivity contribution >= 4 is 17.4 Å². The minimum absolute atomic E-state index is 0.208. The van der Waals surface area contributed by atoms with E-state index in [1.54, 1.807) is 0 Å². The van der Waals surface area contributed by atoms with Crippen molar-refractivity contribution < 1.29 is 4.79 Å². The smallest absolute Gasteiger partial charge is 0.153 e. The van der Waals surface area contributed by atoms with Crippen molar-refractivity contribution in [3.63, 3.8) is 0 Å². The molecule has 1 aromatic carbocycles. The molecule has 4 rings (SSSR count). The second kappa shape index (κ2) is 5.64. The molecular weight excluding hydrogens is 258 g/mol. The first kappa shape index (κ1) is 13.1. The molecule has 3 heterocycles. The minimum atomic E-state index is 0.208. The molecule has 0 unspecified atom stereocenters. The number of carbonyl (C=O) groups excluding carboxylic acids is 1. The molecule has 3 fully saturated rings. The summed E-state index contributed by atoms with van der Waals surface area (Å²) in [6.07, 6.45) is 5.32. The maximum Gasteiger partial charge on any atom is 0.153 e. The lowest BCUT2D eigenvalue weighted by atomic mass is 9.80. The van der Waals surface area contributed by atoms with Gasteiger partial charge in [-0.15, -0.1) is 0 Å². The van der Waals surface area contributed by atoms with Crippen molar-refractivity contribution in [3.05, 3.63) is 34.9 Å². The zero-order valence-electron chi connectivity index (χ0n) is 11.1. The van der Waals surface area contributed by atoms with Crippen LogP contribution in [-0.2, 0) is 11.2 Å². The number of hydrogen-bond acceptors (Lipinski definition) is 2. The first-order valence-electron chi connectivity index (χ1n) is 7.26. The number of aryl methyl sites for hydroxylation is 1. The third kappa shape index (κ3) is 2.85. The second-order valence-corrected chi connectivity index (χ2v) is 6.18. The van der Waals surface area contributed by atoms with Gasteiger partial charge in [0, 0.05) is 10.9 Å².